The Hall–Kier alpha value is -2.77. The monoisotopic (exact) mass is 332 g/mol. The van der Waals surface area contributed by atoms with Gasteiger partial charge in [0.25, 0.3) is 0 Å². The van der Waals surface area contributed by atoms with Crippen molar-refractivity contribution >= 4 is 17.6 Å². The van der Waals surface area contributed by atoms with Crippen LogP contribution in [0.5, 0.6) is 0 Å². The fraction of sp³-hybridized carbons (Fsp3) is 0.375. The Labute approximate surface area is 137 Å². The van der Waals surface area contributed by atoms with Crippen LogP contribution < -0.4 is 5.32 Å². The minimum Gasteiger partial charge on any atom is -0.481 e. The van der Waals surface area contributed by atoms with Gasteiger partial charge < -0.3 is 10.4 Å². The molecule has 126 valence electrons. The van der Waals surface area contributed by atoms with Crippen molar-refractivity contribution in [1.82, 2.24) is 14.8 Å². The summed E-state index contributed by atoms with van der Waals surface area (Å²) in [5.41, 5.74) is 0.606. The highest BCUT2D eigenvalue weighted by molar-refractivity contribution is 5.92. The smallest absolute Gasteiger partial charge is 0.306 e. The molecule has 24 heavy (non-hydrogen) atoms. The number of aliphatic carboxylic acids is 1. The van der Waals surface area contributed by atoms with E-state index >= 15 is 0 Å². The van der Waals surface area contributed by atoms with Crippen LogP contribution in [-0.2, 0) is 9.59 Å². The van der Waals surface area contributed by atoms with Gasteiger partial charge in [-0.15, -0.1) is 0 Å². The van der Waals surface area contributed by atoms with Crippen molar-refractivity contribution in [3.8, 4) is 5.69 Å². The molecule has 0 radical (unpaired) electrons. The van der Waals surface area contributed by atoms with Gasteiger partial charge in [-0.25, -0.2) is 14.1 Å². The largest absolute Gasteiger partial charge is 0.481 e. The van der Waals surface area contributed by atoms with Gasteiger partial charge in [-0.2, -0.15) is 5.10 Å². The molecule has 1 aromatic carbocycles. The van der Waals surface area contributed by atoms with Crippen LogP contribution in [0, 0.1) is 17.7 Å². The molecule has 0 unspecified atom stereocenters. The van der Waals surface area contributed by atoms with Crippen molar-refractivity contribution in [3.63, 3.8) is 0 Å². The first-order chi connectivity index (χ1) is 11.5. The van der Waals surface area contributed by atoms with E-state index in [1.807, 2.05) is 0 Å². The number of carbonyl (C=O) groups excluding carboxylic acids is 1. The number of benzene rings is 1. The molecular weight excluding hydrogens is 315 g/mol. The van der Waals surface area contributed by atoms with Crippen molar-refractivity contribution in [2.45, 2.75) is 25.7 Å². The van der Waals surface area contributed by atoms with Crippen molar-refractivity contribution < 1.29 is 19.1 Å². The number of carboxylic acid groups (broad SMARTS) is 1. The van der Waals surface area contributed by atoms with E-state index in [-0.39, 0.29) is 23.4 Å². The minimum absolute atomic E-state index is 0.202. The number of nitrogens with one attached hydrogen (secondary N) is 1. The van der Waals surface area contributed by atoms with E-state index in [0.29, 0.717) is 31.4 Å². The molecule has 1 aromatic heterocycles. The molecule has 7 nitrogen and oxygen atoms in total. The molecule has 0 bridgehead atoms. The molecule has 1 aliphatic rings. The molecule has 8 heteroatoms. The zero-order valence-corrected chi connectivity index (χ0v) is 12.9. The molecule has 0 aliphatic heterocycles. The molecule has 0 spiro atoms. The lowest BCUT2D eigenvalue weighted by atomic mass is 9.81. The lowest BCUT2D eigenvalue weighted by Gasteiger charge is -2.25. The topological polar surface area (TPSA) is 97.1 Å². The first-order valence-electron chi connectivity index (χ1n) is 7.73. The Kier molecular flexibility index (Phi) is 4.54. The third kappa shape index (κ3) is 3.42. The highest BCUT2D eigenvalue weighted by atomic mass is 19.1. The molecule has 2 N–H and O–H groups in total. The van der Waals surface area contributed by atoms with E-state index < -0.39 is 11.8 Å². The van der Waals surface area contributed by atoms with Crippen LogP contribution in [0.3, 0.4) is 0 Å². The molecule has 1 heterocycles. The Morgan fingerprint density at radius 1 is 1.21 bits per heavy atom. The third-order valence-corrected chi connectivity index (χ3v) is 4.33. The maximum Gasteiger partial charge on any atom is 0.306 e. The number of hydrogen-bond donors (Lipinski definition) is 2. The van der Waals surface area contributed by atoms with Crippen molar-refractivity contribution in [2.75, 3.05) is 5.32 Å². The Morgan fingerprint density at radius 2 is 1.92 bits per heavy atom. The number of anilines is 1. The summed E-state index contributed by atoms with van der Waals surface area (Å²) in [4.78, 5) is 27.0. The zero-order valence-electron chi connectivity index (χ0n) is 12.9. The SMILES string of the molecule is O=C(O)C1CCC(C(=O)Nc2ccc(-n3cncn3)c(F)c2)CC1. The third-order valence-electron chi connectivity index (χ3n) is 4.33. The fourth-order valence-electron chi connectivity index (χ4n) is 2.95. The summed E-state index contributed by atoms with van der Waals surface area (Å²) < 4.78 is 15.4. The maximum absolute atomic E-state index is 14.1. The standard InChI is InChI=1S/C16H17FN4O3/c17-13-7-12(5-6-14(13)21-9-18-8-19-21)20-15(22)10-1-3-11(4-2-10)16(23)24/h5-11H,1-4H2,(H,20,22)(H,23,24). The number of aromatic nitrogens is 3. The Bertz CT molecular complexity index is 740. The van der Waals surface area contributed by atoms with Crippen LogP contribution in [0.15, 0.2) is 30.9 Å². The van der Waals surface area contributed by atoms with Crippen molar-refractivity contribution in [3.05, 3.63) is 36.7 Å². The molecule has 0 atom stereocenters. The highest BCUT2D eigenvalue weighted by Gasteiger charge is 2.29. The fourth-order valence-corrected chi connectivity index (χ4v) is 2.95. The van der Waals surface area contributed by atoms with E-state index in [1.165, 1.54) is 29.5 Å². The lowest BCUT2D eigenvalue weighted by Crippen LogP contribution is -2.29. The second-order valence-electron chi connectivity index (χ2n) is 5.88. The average molecular weight is 332 g/mol. The lowest BCUT2D eigenvalue weighted by molar-refractivity contribution is -0.143. The Morgan fingerprint density at radius 3 is 2.50 bits per heavy atom. The van der Waals surface area contributed by atoms with Gasteiger partial charge in [-0.05, 0) is 43.9 Å². The normalized spacial score (nSPS) is 20.5. The number of amides is 1. The molecule has 1 saturated carbocycles. The number of halogens is 1. The number of carboxylic acids is 1. The highest BCUT2D eigenvalue weighted by Crippen LogP contribution is 2.30. The van der Waals surface area contributed by atoms with Crippen LogP contribution >= 0.6 is 0 Å². The number of nitrogens with zero attached hydrogens (tertiary/aromatic N) is 3. The molecule has 2 aromatic rings. The van der Waals surface area contributed by atoms with Gasteiger partial charge in [0.05, 0.1) is 5.92 Å². The van der Waals surface area contributed by atoms with Crippen molar-refractivity contribution in [2.24, 2.45) is 11.8 Å². The molecule has 1 fully saturated rings. The van der Waals surface area contributed by atoms with Gasteiger partial charge in [0.2, 0.25) is 5.91 Å². The number of rotatable bonds is 4. The van der Waals surface area contributed by atoms with Crippen LogP contribution in [-0.4, -0.2) is 31.7 Å². The summed E-state index contributed by atoms with van der Waals surface area (Å²) in [6.45, 7) is 0. The molecule has 1 aliphatic carbocycles. The number of carbonyl (C=O) groups is 2. The molecule has 3 rings (SSSR count). The Balaban J connectivity index is 1.63. The summed E-state index contributed by atoms with van der Waals surface area (Å²) in [5, 5.41) is 15.5. The van der Waals surface area contributed by atoms with Gasteiger partial charge in [0.15, 0.2) is 5.82 Å². The average Bonchev–Trinajstić information content (AvgIpc) is 3.09. The van der Waals surface area contributed by atoms with Crippen molar-refractivity contribution in [1.29, 1.82) is 0 Å². The van der Waals surface area contributed by atoms with E-state index in [0.717, 1.165) is 0 Å². The van der Waals surface area contributed by atoms with Gasteiger partial charge in [-0.3, -0.25) is 9.59 Å². The first-order valence-corrected chi connectivity index (χ1v) is 7.73. The predicted molar refractivity (Wildman–Crippen MR) is 83.0 cm³/mol. The van der Waals surface area contributed by atoms with Gasteiger partial charge >= 0.3 is 5.97 Å². The second-order valence-corrected chi connectivity index (χ2v) is 5.88. The van der Waals surface area contributed by atoms with Gasteiger partial charge in [0, 0.05) is 11.6 Å². The summed E-state index contributed by atoms with van der Waals surface area (Å²) in [5.74, 6) is -2.13. The summed E-state index contributed by atoms with van der Waals surface area (Å²) in [6.07, 6.45) is 4.74. The van der Waals surface area contributed by atoms with Crippen LogP contribution in [0.2, 0.25) is 0 Å². The van der Waals surface area contributed by atoms with Crippen LogP contribution in [0.4, 0.5) is 10.1 Å². The zero-order chi connectivity index (χ0) is 17.1. The van der Waals surface area contributed by atoms with E-state index in [1.54, 1.807) is 6.07 Å². The van der Waals surface area contributed by atoms with Crippen LogP contribution in [0.25, 0.3) is 5.69 Å². The predicted octanol–water partition coefficient (Wildman–Crippen LogP) is 2.24. The second kappa shape index (κ2) is 6.77. The van der Waals surface area contributed by atoms with E-state index in [4.69, 9.17) is 5.11 Å². The summed E-state index contributed by atoms with van der Waals surface area (Å²) in [7, 11) is 0. The summed E-state index contributed by atoms with van der Waals surface area (Å²) >= 11 is 0. The maximum atomic E-state index is 14.1. The minimum atomic E-state index is -0.806. The first kappa shape index (κ1) is 16.1. The van der Waals surface area contributed by atoms with E-state index in [9.17, 15) is 14.0 Å². The molecular formula is C16H17FN4O3. The molecule has 0 saturated heterocycles. The quantitative estimate of drug-likeness (QED) is 0.895. The summed E-state index contributed by atoms with van der Waals surface area (Å²) in [6, 6.07) is 4.35. The molecule has 1 amide bonds. The van der Waals surface area contributed by atoms with Crippen LogP contribution in [0.1, 0.15) is 25.7 Å². The van der Waals surface area contributed by atoms with E-state index in [2.05, 4.69) is 15.4 Å². The number of hydrogen-bond acceptors (Lipinski definition) is 4. The van der Waals surface area contributed by atoms with Gasteiger partial charge in [0.1, 0.15) is 18.3 Å². The van der Waals surface area contributed by atoms with Gasteiger partial charge in [-0.1, -0.05) is 0 Å².